The molecule has 1 amide bonds. The van der Waals surface area contributed by atoms with Crippen LogP contribution >= 0.6 is 0 Å². The highest BCUT2D eigenvalue weighted by molar-refractivity contribution is 6.13. The normalized spacial score (nSPS) is 20.2. The van der Waals surface area contributed by atoms with Crippen LogP contribution in [0.25, 0.3) is 22.0 Å². The zero-order valence-electron chi connectivity index (χ0n) is 19.1. The number of anilines is 2. The Balaban J connectivity index is 1.42. The smallest absolute Gasteiger partial charge is 0.237 e. The van der Waals surface area contributed by atoms with E-state index in [-0.39, 0.29) is 11.3 Å². The fourth-order valence-electron chi connectivity index (χ4n) is 5.73. The molecular formula is C26H29N5O. The Morgan fingerprint density at radius 1 is 0.938 bits per heavy atom. The molecule has 2 aliphatic heterocycles. The first-order valence-electron chi connectivity index (χ1n) is 11.6. The minimum Gasteiger partial charge on any atom is -0.354 e. The highest BCUT2D eigenvalue weighted by Gasteiger charge is 2.54. The van der Waals surface area contributed by atoms with Crippen molar-refractivity contribution >= 4 is 28.3 Å². The van der Waals surface area contributed by atoms with E-state index in [0.29, 0.717) is 0 Å². The zero-order valence-corrected chi connectivity index (χ0v) is 19.1. The average Bonchev–Trinajstić information content (AvgIpc) is 3.01. The number of amides is 1. The molecule has 3 aromatic rings. The molecule has 1 aliphatic carbocycles. The zero-order chi connectivity index (χ0) is 22.0. The van der Waals surface area contributed by atoms with Crippen molar-refractivity contribution in [3.63, 3.8) is 0 Å². The highest BCUT2D eigenvalue weighted by Crippen LogP contribution is 2.55. The van der Waals surface area contributed by atoms with Crippen molar-refractivity contribution in [1.82, 2.24) is 14.9 Å². The van der Waals surface area contributed by atoms with Crippen LogP contribution in [0.5, 0.6) is 0 Å². The molecule has 164 valence electrons. The van der Waals surface area contributed by atoms with E-state index in [9.17, 15) is 4.79 Å². The number of aromatic nitrogens is 2. The van der Waals surface area contributed by atoms with E-state index in [1.54, 1.807) is 0 Å². The number of carbonyl (C=O) groups excluding carboxylic acids is 1. The lowest BCUT2D eigenvalue weighted by Crippen LogP contribution is -2.45. The van der Waals surface area contributed by atoms with Gasteiger partial charge in [-0.2, -0.15) is 0 Å². The molecule has 6 heteroatoms. The SMILES string of the molecule is Cc1cc(-c2ccc3ncc4c(c3c2)C2(CCC2)C(=O)N4C)cnc1N1CCN(C)CC1. The van der Waals surface area contributed by atoms with E-state index in [0.717, 1.165) is 79.0 Å². The monoisotopic (exact) mass is 427 g/mol. The van der Waals surface area contributed by atoms with Crippen LogP contribution in [-0.4, -0.2) is 61.0 Å². The molecule has 6 rings (SSSR count). The Morgan fingerprint density at radius 2 is 1.72 bits per heavy atom. The fourth-order valence-corrected chi connectivity index (χ4v) is 5.73. The number of nitrogens with zero attached hydrogens (tertiary/aromatic N) is 5. The van der Waals surface area contributed by atoms with Crippen LogP contribution in [-0.2, 0) is 10.2 Å². The molecule has 6 nitrogen and oxygen atoms in total. The van der Waals surface area contributed by atoms with Gasteiger partial charge in [-0.15, -0.1) is 0 Å². The van der Waals surface area contributed by atoms with Gasteiger partial charge in [0.05, 0.1) is 22.8 Å². The summed E-state index contributed by atoms with van der Waals surface area (Å²) in [6.45, 7) is 6.32. The second-order valence-corrected chi connectivity index (χ2v) is 9.71. The van der Waals surface area contributed by atoms with E-state index in [4.69, 9.17) is 4.98 Å². The van der Waals surface area contributed by atoms with Crippen LogP contribution in [0.4, 0.5) is 11.5 Å². The van der Waals surface area contributed by atoms with Crippen LogP contribution < -0.4 is 9.80 Å². The van der Waals surface area contributed by atoms with Gasteiger partial charge >= 0.3 is 0 Å². The van der Waals surface area contributed by atoms with Gasteiger partial charge in [0.2, 0.25) is 5.91 Å². The molecule has 2 fully saturated rings. The van der Waals surface area contributed by atoms with Crippen molar-refractivity contribution in [2.24, 2.45) is 0 Å². The van der Waals surface area contributed by atoms with Gasteiger partial charge in [-0.3, -0.25) is 9.78 Å². The third-order valence-electron chi connectivity index (χ3n) is 7.80. The summed E-state index contributed by atoms with van der Waals surface area (Å²) in [5, 5.41) is 1.11. The number of pyridine rings is 2. The third kappa shape index (κ3) is 2.72. The molecule has 32 heavy (non-hydrogen) atoms. The van der Waals surface area contributed by atoms with Crippen molar-refractivity contribution in [3.8, 4) is 11.1 Å². The molecule has 0 N–H and O–H groups in total. The Kier molecular flexibility index (Phi) is 4.31. The standard InChI is InChI=1S/C26H29N5O/c1-17-13-19(15-28-24(17)31-11-9-29(2)10-12-31)18-5-6-21-20(14-18)23-22(16-27-21)30(3)25(32)26(23)7-4-8-26/h5-6,13-16H,4,7-12H2,1-3H3. The van der Waals surface area contributed by atoms with Gasteiger partial charge in [0.15, 0.2) is 0 Å². The van der Waals surface area contributed by atoms with E-state index in [1.165, 1.54) is 11.1 Å². The van der Waals surface area contributed by atoms with Crippen LogP contribution in [0.1, 0.15) is 30.4 Å². The van der Waals surface area contributed by atoms with Crippen LogP contribution in [0.3, 0.4) is 0 Å². The van der Waals surface area contributed by atoms with Gasteiger partial charge in [-0.1, -0.05) is 12.5 Å². The second-order valence-electron chi connectivity index (χ2n) is 9.71. The first-order valence-corrected chi connectivity index (χ1v) is 11.6. The minimum absolute atomic E-state index is 0.229. The molecule has 0 bridgehead atoms. The lowest BCUT2D eigenvalue weighted by molar-refractivity contribution is -0.125. The molecule has 4 heterocycles. The molecule has 0 radical (unpaired) electrons. The predicted octanol–water partition coefficient (Wildman–Crippen LogP) is 3.76. The van der Waals surface area contributed by atoms with Gasteiger partial charge in [-0.25, -0.2) is 4.98 Å². The van der Waals surface area contributed by atoms with Gasteiger partial charge in [-0.05, 0) is 56.1 Å². The van der Waals surface area contributed by atoms with E-state index in [1.807, 2.05) is 24.3 Å². The Morgan fingerprint density at radius 3 is 2.41 bits per heavy atom. The first kappa shape index (κ1) is 19.7. The highest BCUT2D eigenvalue weighted by atomic mass is 16.2. The molecule has 1 spiro atoms. The number of hydrogen-bond acceptors (Lipinski definition) is 5. The summed E-state index contributed by atoms with van der Waals surface area (Å²) in [5.74, 6) is 1.32. The second kappa shape index (κ2) is 7.01. The van der Waals surface area contributed by atoms with Crippen molar-refractivity contribution in [2.75, 3.05) is 50.1 Å². The lowest BCUT2D eigenvalue weighted by atomic mass is 9.64. The van der Waals surface area contributed by atoms with Crippen molar-refractivity contribution in [3.05, 3.63) is 47.8 Å². The number of carbonyl (C=O) groups is 1. The summed E-state index contributed by atoms with van der Waals surface area (Å²) in [6, 6.07) is 8.68. The maximum absolute atomic E-state index is 13.1. The summed E-state index contributed by atoms with van der Waals surface area (Å²) in [7, 11) is 4.06. The summed E-state index contributed by atoms with van der Waals surface area (Å²) in [4.78, 5) is 29.2. The van der Waals surface area contributed by atoms with Crippen LogP contribution in [0.15, 0.2) is 36.7 Å². The maximum atomic E-state index is 13.1. The molecule has 3 aliphatic rings. The number of aryl methyl sites for hydroxylation is 1. The predicted molar refractivity (Wildman–Crippen MR) is 128 cm³/mol. The van der Waals surface area contributed by atoms with E-state index >= 15 is 0 Å². The number of fused-ring (bicyclic) bond motifs is 4. The Bertz CT molecular complexity index is 1240. The summed E-state index contributed by atoms with van der Waals surface area (Å²) >= 11 is 0. The molecular weight excluding hydrogens is 398 g/mol. The summed E-state index contributed by atoms with van der Waals surface area (Å²) in [5.41, 5.74) is 6.21. The topological polar surface area (TPSA) is 52.6 Å². The summed E-state index contributed by atoms with van der Waals surface area (Å²) in [6.07, 6.45) is 6.85. The molecule has 1 saturated heterocycles. The number of piperazine rings is 1. The number of benzene rings is 1. The van der Waals surface area contributed by atoms with Crippen LogP contribution in [0.2, 0.25) is 0 Å². The number of likely N-dealkylation sites (N-methyl/N-ethyl adjacent to an activating group) is 2. The fraction of sp³-hybridized carbons (Fsp3) is 0.423. The summed E-state index contributed by atoms with van der Waals surface area (Å²) < 4.78 is 0. The molecule has 1 aromatic carbocycles. The van der Waals surface area contributed by atoms with Gasteiger partial charge < -0.3 is 14.7 Å². The van der Waals surface area contributed by atoms with E-state index < -0.39 is 0 Å². The van der Waals surface area contributed by atoms with Crippen molar-refractivity contribution in [2.45, 2.75) is 31.6 Å². The lowest BCUT2D eigenvalue weighted by Gasteiger charge is -2.37. The largest absolute Gasteiger partial charge is 0.354 e. The van der Waals surface area contributed by atoms with Crippen molar-refractivity contribution < 1.29 is 4.79 Å². The first-order chi connectivity index (χ1) is 15.5. The Labute approximate surface area is 188 Å². The van der Waals surface area contributed by atoms with Crippen molar-refractivity contribution in [1.29, 1.82) is 0 Å². The molecule has 0 unspecified atom stereocenters. The molecule has 2 aromatic heterocycles. The van der Waals surface area contributed by atoms with Gasteiger partial charge in [0.1, 0.15) is 5.82 Å². The van der Waals surface area contributed by atoms with Gasteiger partial charge in [0.25, 0.3) is 0 Å². The quantitative estimate of drug-likeness (QED) is 0.623. The average molecular weight is 428 g/mol. The molecule has 0 atom stereocenters. The van der Waals surface area contributed by atoms with E-state index in [2.05, 4.69) is 53.0 Å². The Hall–Kier alpha value is -2.99. The minimum atomic E-state index is -0.344. The molecule has 1 saturated carbocycles. The van der Waals surface area contributed by atoms with Gasteiger partial charge in [0, 0.05) is 55.9 Å². The maximum Gasteiger partial charge on any atom is 0.237 e. The number of hydrogen-bond donors (Lipinski definition) is 0. The third-order valence-corrected chi connectivity index (χ3v) is 7.80. The number of rotatable bonds is 2. The van der Waals surface area contributed by atoms with Crippen LogP contribution in [0, 0.1) is 6.92 Å².